The van der Waals surface area contributed by atoms with Gasteiger partial charge < -0.3 is 10.8 Å². The van der Waals surface area contributed by atoms with Crippen molar-refractivity contribution in [3.63, 3.8) is 0 Å². The highest BCUT2D eigenvalue weighted by Crippen LogP contribution is 2.22. The highest BCUT2D eigenvalue weighted by atomic mass is 16.3. The van der Waals surface area contributed by atoms with Crippen LogP contribution in [0, 0.1) is 6.92 Å². The molecule has 0 aromatic heterocycles. The highest BCUT2D eigenvalue weighted by Gasteiger charge is 2.28. The van der Waals surface area contributed by atoms with E-state index in [0.29, 0.717) is 13.0 Å². The zero-order valence-corrected chi connectivity index (χ0v) is 10.6. The number of hydrogen-bond donors (Lipinski definition) is 3. The highest BCUT2D eigenvalue weighted by molar-refractivity contribution is 5.84. The van der Waals surface area contributed by atoms with Crippen molar-refractivity contribution in [3.05, 3.63) is 29.3 Å². The third kappa shape index (κ3) is 2.97. The number of aromatic hydroxyl groups is 1. The molecular formula is C13H20N2O2. The Morgan fingerprint density at radius 2 is 2.18 bits per heavy atom. The predicted octanol–water partition coefficient (Wildman–Crippen LogP) is 1.44. The smallest absolute Gasteiger partial charge is 0.237 e. The summed E-state index contributed by atoms with van der Waals surface area (Å²) in [7, 11) is 0. The zero-order chi connectivity index (χ0) is 13.1. The predicted molar refractivity (Wildman–Crippen MR) is 67.6 cm³/mol. The molecule has 4 nitrogen and oxygen atoms in total. The minimum absolute atomic E-state index is 0.267. The molecule has 1 aromatic rings. The Hall–Kier alpha value is -1.55. The first kappa shape index (κ1) is 13.5. The van der Waals surface area contributed by atoms with Crippen molar-refractivity contribution < 1.29 is 9.90 Å². The largest absolute Gasteiger partial charge is 0.507 e. The average Bonchev–Trinajstić information content (AvgIpc) is 2.30. The molecule has 4 N–H and O–H groups in total. The number of rotatable bonds is 5. The molecular weight excluding hydrogens is 216 g/mol. The zero-order valence-electron chi connectivity index (χ0n) is 10.6. The van der Waals surface area contributed by atoms with Crippen LogP contribution in [0.1, 0.15) is 31.4 Å². The molecule has 0 aliphatic rings. The second-order valence-electron chi connectivity index (χ2n) is 4.49. The molecule has 0 aliphatic carbocycles. The second-order valence-corrected chi connectivity index (χ2v) is 4.49. The van der Waals surface area contributed by atoms with E-state index in [0.717, 1.165) is 11.1 Å². The van der Waals surface area contributed by atoms with Crippen LogP contribution in [0.4, 0.5) is 0 Å². The van der Waals surface area contributed by atoms with Crippen molar-refractivity contribution in [1.29, 1.82) is 0 Å². The standard InChI is InChI=1S/C13H20N2O2/c1-4-13(3,12(14)17)15-8-10-7-5-6-9(2)11(10)16/h5-7,15-16H,4,8H2,1-3H3,(H2,14,17). The number of nitrogens with one attached hydrogen (secondary N) is 1. The number of nitrogens with two attached hydrogens (primary N) is 1. The Bertz CT molecular complexity index is 418. The number of phenols is 1. The van der Waals surface area contributed by atoms with E-state index < -0.39 is 5.54 Å². The number of phenolic OH excluding ortho intramolecular Hbond substituents is 1. The summed E-state index contributed by atoms with van der Waals surface area (Å²) in [6, 6.07) is 5.54. The van der Waals surface area contributed by atoms with E-state index in [1.807, 2.05) is 32.0 Å². The second kappa shape index (κ2) is 5.19. The Morgan fingerprint density at radius 1 is 1.53 bits per heavy atom. The van der Waals surface area contributed by atoms with Crippen LogP contribution in [-0.4, -0.2) is 16.6 Å². The molecule has 1 rings (SSSR count). The SMILES string of the molecule is CCC(C)(NCc1cccc(C)c1O)C(N)=O. The van der Waals surface area contributed by atoms with Crippen molar-refractivity contribution in [3.8, 4) is 5.75 Å². The van der Waals surface area contributed by atoms with Gasteiger partial charge in [0.15, 0.2) is 0 Å². The number of hydrogen-bond acceptors (Lipinski definition) is 3. The first-order valence-corrected chi connectivity index (χ1v) is 5.73. The van der Waals surface area contributed by atoms with Crippen molar-refractivity contribution in [2.45, 2.75) is 39.3 Å². The number of aryl methyl sites for hydroxylation is 1. The maximum absolute atomic E-state index is 11.3. The molecule has 1 atom stereocenters. The van der Waals surface area contributed by atoms with Gasteiger partial charge in [0.25, 0.3) is 0 Å². The van der Waals surface area contributed by atoms with Crippen LogP contribution >= 0.6 is 0 Å². The number of carbonyl (C=O) groups excluding carboxylic acids is 1. The van der Waals surface area contributed by atoms with Crippen molar-refractivity contribution in [2.75, 3.05) is 0 Å². The van der Waals surface area contributed by atoms with Crippen molar-refractivity contribution in [1.82, 2.24) is 5.32 Å². The van der Waals surface area contributed by atoms with E-state index >= 15 is 0 Å². The summed E-state index contributed by atoms with van der Waals surface area (Å²) in [5, 5.41) is 12.9. The van der Waals surface area contributed by atoms with E-state index in [2.05, 4.69) is 5.32 Å². The summed E-state index contributed by atoms with van der Waals surface area (Å²) in [5.41, 5.74) is 6.20. The first-order valence-electron chi connectivity index (χ1n) is 5.73. The summed E-state index contributed by atoms with van der Waals surface area (Å²) in [5.74, 6) is -0.116. The molecule has 0 saturated carbocycles. The van der Waals surface area contributed by atoms with Gasteiger partial charge in [0, 0.05) is 12.1 Å². The molecule has 94 valence electrons. The van der Waals surface area contributed by atoms with Crippen molar-refractivity contribution in [2.24, 2.45) is 5.73 Å². The molecule has 1 amide bonds. The maximum Gasteiger partial charge on any atom is 0.237 e. The number of para-hydroxylation sites is 1. The van der Waals surface area contributed by atoms with Crippen LogP contribution in [0.3, 0.4) is 0 Å². The van der Waals surface area contributed by atoms with E-state index in [1.165, 1.54) is 0 Å². The first-order chi connectivity index (χ1) is 7.90. The molecule has 1 unspecified atom stereocenters. The lowest BCUT2D eigenvalue weighted by molar-refractivity contribution is -0.124. The molecule has 0 saturated heterocycles. The van der Waals surface area contributed by atoms with E-state index in [-0.39, 0.29) is 11.7 Å². The van der Waals surface area contributed by atoms with Gasteiger partial charge in [-0.1, -0.05) is 25.1 Å². The molecule has 0 aliphatic heterocycles. The molecule has 0 bridgehead atoms. The Kier molecular flexibility index (Phi) is 4.12. The lowest BCUT2D eigenvalue weighted by atomic mass is 9.97. The number of carbonyl (C=O) groups is 1. The summed E-state index contributed by atoms with van der Waals surface area (Å²) in [6.45, 7) is 5.92. The average molecular weight is 236 g/mol. The van der Waals surface area contributed by atoms with Crippen LogP contribution in [0.2, 0.25) is 0 Å². The van der Waals surface area contributed by atoms with E-state index in [1.54, 1.807) is 6.92 Å². The van der Waals surface area contributed by atoms with Gasteiger partial charge in [-0.25, -0.2) is 0 Å². The quantitative estimate of drug-likeness (QED) is 0.724. The summed E-state index contributed by atoms with van der Waals surface area (Å²) in [4.78, 5) is 11.3. The number of amides is 1. The van der Waals surface area contributed by atoms with Gasteiger partial charge in [-0.3, -0.25) is 10.1 Å². The maximum atomic E-state index is 11.3. The fourth-order valence-electron chi connectivity index (χ4n) is 1.54. The van der Waals surface area contributed by atoms with Gasteiger partial charge in [-0.2, -0.15) is 0 Å². The molecule has 0 heterocycles. The van der Waals surface area contributed by atoms with Gasteiger partial charge in [-0.05, 0) is 25.8 Å². The molecule has 1 aromatic carbocycles. The summed E-state index contributed by atoms with van der Waals surface area (Å²) >= 11 is 0. The van der Waals surface area contributed by atoms with Gasteiger partial charge >= 0.3 is 0 Å². The third-order valence-corrected chi connectivity index (χ3v) is 3.24. The lowest BCUT2D eigenvalue weighted by Crippen LogP contribution is -2.52. The van der Waals surface area contributed by atoms with Crippen LogP contribution < -0.4 is 11.1 Å². The fraction of sp³-hybridized carbons (Fsp3) is 0.462. The summed E-state index contributed by atoms with van der Waals surface area (Å²) < 4.78 is 0. The van der Waals surface area contributed by atoms with Gasteiger partial charge in [0.2, 0.25) is 5.91 Å². The van der Waals surface area contributed by atoms with Crippen LogP contribution in [0.15, 0.2) is 18.2 Å². The van der Waals surface area contributed by atoms with Crippen LogP contribution in [0.5, 0.6) is 5.75 Å². The molecule has 0 spiro atoms. The van der Waals surface area contributed by atoms with Crippen LogP contribution in [0.25, 0.3) is 0 Å². The molecule has 0 radical (unpaired) electrons. The van der Waals surface area contributed by atoms with Gasteiger partial charge in [0.05, 0.1) is 5.54 Å². The van der Waals surface area contributed by atoms with Crippen molar-refractivity contribution >= 4 is 5.91 Å². The normalized spacial score (nSPS) is 14.3. The van der Waals surface area contributed by atoms with Gasteiger partial charge in [0.1, 0.15) is 5.75 Å². The minimum Gasteiger partial charge on any atom is -0.507 e. The minimum atomic E-state index is -0.740. The number of primary amides is 1. The lowest BCUT2D eigenvalue weighted by Gasteiger charge is -2.26. The summed E-state index contributed by atoms with van der Waals surface area (Å²) in [6.07, 6.45) is 0.606. The number of benzene rings is 1. The van der Waals surface area contributed by atoms with E-state index in [4.69, 9.17) is 5.73 Å². The van der Waals surface area contributed by atoms with Gasteiger partial charge in [-0.15, -0.1) is 0 Å². The Balaban J connectivity index is 2.80. The monoisotopic (exact) mass is 236 g/mol. The van der Waals surface area contributed by atoms with Crippen LogP contribution in [-0.2, 0) is 11.3 Å². The molecule has 4 heteroatoms. The molecule has 17 heavy (non-hydrogen) atoms. The van der Waals surface area contributed by atoms with E-state index in [9.17, 15) is 9.90 Å². The third-order valence-electron chi connectivity index (χ3n) is 3.24. The topological polar surface area (TPSA) is 75.3 Å². The fourth-order valence-corrected chi connectivity index (χ4v) is 1.54. The molecule has 0 fully saturated rings. The Labute approximate surface area is 102 Å². The Morgan fingerprint density at radius 3 is 2.71 bits per heavy atom.